The van der Waals surface area contributed by atoms with Crippen LogP contribution in [0.1, 0.15) is 5.56 Å². The lowest BCUT2D eigenvalue weighted by molar-refractivity contribution is 0.477. The van der Waals surface area contributed by atoms with Gasteiger partial charge in [-0.25, -0.2) is 0 Å². The van der Waals surface area contributed by atoms with Gasteiger partial charge in [0.05, 0.1) is 0 Å². The van der Waals surface area contributed by atoms with E-state index in [9.17, 15) is 5.11 Å². The monoisotopic (exact) mass is 260 g/mol. The molecule has 0 saturated heterocycles. The minimum Gasteiger partial charge on any atom is -0.507 e. The van der Waals surface area contributed by atoms with Crippen molar-refractivity contribution in [2.24, 2.45) is 0 Å². The van der Waals surface area contributed by atoms with Gasteiger partial charge in [-0.2, -0.15) is 0 Å². The molecule has 0 unspecified atom stereocenters. The maximum absolute atomic E-state index is 9.98. The van der Waals surface area contributed by atoms with Gasteiger partial charge in [-0.1, -0.05) is 60.7 Å². The van der Waals surface area contributed by atoms with E-state index in [1.807, 2.05) is 36.4 Å². The molecular weight excluding hydrogens is 244 g/mol. The number of rotatable bonds is 2. The standard InChI is InChI=1S/C19H16O/c1-14-7-2-3-10-17(14)15-8-6-9-16(13-15)18-11-4-5-12-19(18)20/h2-13,20H,1H3. The van der Waals surface area contributed by atoms with Crippen LogP contribution in [0.3, 0.4) is 0 Å². The third-order valence-electron chi connectivity index (χ3n) is 3.53. The lowest BCUT2D eigenvalue weighted by Gasteiger charge is -2.09. The molecule has 0 aliphatic heterocycles. The number of hydrogen-bond acceptors (Lipinski definition) is 1. The topological polar surface area (TPSA) is 20.2 Å². The van der Waals surface area contributed by atoms with E-state index in [0.717, 1.165) is 11.1 Å². The van der Waals surface area contributed by atoms with Crippen LogP contribution in [0.15, 0.2) is 72.8 Å². The van der Waals surface area contributed by atoms with Crippen LogP contribution in [-0.4, -0.2) is 5.11 Å². The number of para-hydroxylation sites is 1. The van der Waals surface area contributed by atoms with Gasteiger partial charge in [-0.3, -0.25) is 0 Å². The molecule has 3 aromatic carbocycles. The van der Waals surface area contributed by atoms with E-state index in [0.29, 0.717) is 5.75 Å². The number of aromatic hydroxyl groups is 1. The summed E-state index contributed by atoms with van der Waals surface area (Å²) in [6.07, 6.45) is 0. The Bertz CT molecular complexity index is 683. The number of hydrogen-bond donors (Lipinski definition) is 1. The Morgan fingerprint density at radius 3 is 1.95 bits per heavy atom. The van der Waals surface area contributed by atoms with Crippen molar-refractivity contribution in [3.05, 3.63) is 78.4 Å². The van der Waals surface area contributed by atoms with Crippen molar-refractivity contribution < 1.29 is 5.11 Å². The highest BCUT2D eigenvalue weighted by Crippen LogP contribution is 2.32. The molecule has 1 nitrogen and oxygen atoms in total. The fraction of sp³-hybridized carbons (Fsp3) is 0.0526. The first-order chi connectivity index (χ1) is 9.75. The van der Waals surface area contributed by atoms with E-state index < -0.39 is 0 Å². The molecular formula is C19H16O. The molecule has 0 fully saturated rings. The zero-order valence-corrected chi connectivity index (χ0v) is 11.4. The van der Waals surface area contributed by atoms with Gasteiger partial charge in [-0.15, -0.1) is 0 Å². The van der Waals surface area contributed by atoms with E-state index in [4.69, 9.17) is 0 Å². The van der Waals surface area contributed by atoms with Crippen LogP contribution in [0, 0.1) is 6.92 Å². The van der Waals surface area contributed by atoms with Crippen molar-refractivity contribution in [1.82, 2.24) is 0 Å². The maximum atomic E-state index is 9.98. The summed E-state index contributed by atoms with van der Waals surface area (Å²) in [4.78, 5) is 0. The smallest absolute Gasteiger partial charge is 0.123 e. The van der Waals surface area contributed by atoms with Crippen molar-refractivity contribution in [2.75, 3.05) is 0 Å². The van der Waals surface area contributed by atoms with Crippen LogP contribution in [-0.2, 0) is 0 Å². The van der Waals surface area contributed by atoms with E-state index in [1.54, 1.807) is 6.07 Å². The Hall–Kier alpha value is -2.54. The normalized spacial score (nSPS) is 10.4. The Labute approximate surface area is 119 Å². The Morgan fingerprint density at radius 1 is 0.650 bits per heavy atom. The predicted molar refractivity (Wildman–Crippen MR) is 83.7 cm³/mol. The third-order valence-corrected chi connectivity index (χ3v) is 3.53. The second-order valence-electron chi connectivity index (χ2n) is 4.91. The Balaban J connectivity index is 2.12. The first kappa shape index (κ1) is 12.5. The molecule has 98 valence electrons. The molecule has 1 N–H and O–H groups in total. The third kappa shape index (κ3) is 2.30. The molecule has 1 heteroatoms. The van der Waals surface area contributed by atoms with Crippen LogP contribution in [0.4, 0.5) is 0 Å². The average molecular weight is 260 g/mol. The number of phenolic OH excluding ortho intramolecular Hbond substituents is 1. The molecule has 3 aromatic rings. The van der Waals surface area contributed by atoms with Gasteiger partial charge in [0.25, 0.3) is 0 Å². The quantitative estimate of drug-likeness (QED) is 0.684. The van der Waals surface area contributed by atoms with Crippen molar-refractivity contribution in [3.8, 4) is 28.0 Å². The van der Waals surface area contributed by atoms with Crippen molar-refractivity contribution in [3.63, 3.8) is 0 Å². The second-order valence-corrected chi connectivity index (χ2v) is 4.91. The molecule has 0 spiro atoms. The van der Waals surface area contributed by atoms with Crippen molar-refractivity contribution in [2.45, 2.75) is 6.92 Å². The van der Waals surface area contributed by atoms with Gasteiger partial charge in [0.1, 0.15) is 5.75 Å². The molecule has 20 heavy (non-hydrogen) atoms. The minimum absolute atomic E-state index is 0.314. The van der Waals surface area contributed by atoms with Gasteiger partial charge < -0.3 is 5.11 Å². The van der Waals surface area contributed by atoms with Gasteiger partial charge in [0.15, 0.2) is 0 Å². The summed E-state index contributed by atoms with van der Waals surface area (Å²) >= 11 is 0. The molecule has 0 heterocycles. The van der Waals surface area contributed by atoms with Crippen LogP contribution in [0.25, 0.3) is 22.3 Å². The van der Waals surface area contributed by atoms with E-state index in [2.05, 4.69) is 37.3 Å². The van der Waals surface area contributed by atoms with Crippen molar-refractivity contribution >= 4 is 0 Å². The summed E-state index contributed by atoms with van der Waals surface area (Å²) in [6, 6.07) is 24.0. The van der Waals surface area contributed by atoms with Gasteiger partial charge >= 0.3 is 0 Å². The molecule has 0 aliphatic rings. The fourth-order valence-electron chi connectivity index (χ4n) is 2.47. The zero-order valence-electron chi connectivity index (χ0n) is 11.4. The second kappa shape index (κ2) is 5.22. The van der Waals surface area contributed by atoms with E-state index in [1.165, 1.54) is 16.7 Å². The van der Waals surface area contributed by atoms with Crippen LogP contribution in [0.2, 0.25) is 0 Å². The number of phenols is 1. The van der Waals surface area contributed by atoms with Gasteiger partial charge in [0, 0.05) is 5.56 Å². The van der Waals surface area contributed by atoms with Gasteiger partial charge in [0.2, 0.25) is 0 Å². The summed E-state index contributed by atoms with van der Waals surface area (Å²) in [5.74, 6) is 0.314. The first-order valence-electron chi connectivity index (χ1n) is 6.70. The van der Waals surface area contributed by atoms with E-state index >= 15 is 0 Å². The predicted octanol–water partition coefficient (Wildman–Crippen LogP) is 5.03. The average Bonchev–Trinajstić information content (AvgIpc) is 2.48. The lowest BCUT2D eigenvalue weighted by atomic mass is 9.96. The van der Waals surface area contributed by atoms with Crippen molar-refractivity contribution in [1.29, 1.82) is 0 Å². The minimum atomic E-state index is 0.314. The molecule has 0 aromatic heterocycles. The fourth-order valence-corrected chi connectivity index (χ4v) is 2.47. The maximum Gasteiger partial charge on any atom is 0.123 e. The van der Waals surface area contributed by atoms with Crippen LogP contribution < -0.4 is 0 Å². The summed E-state index contributed by atoms with van der Waals surface area (Å²) in [6.45, 7) is 2.11. The molecule has 0 bridgehead atoms. The first-order valence-corrected chi connectivity index (χ1v) is 6.70. The van der Waals surface area contributed by atoms with Crippen LogP contribution >= 0.6 is 0 Å². The SMILES string of the molecule is Cc1ccccc1-c1cccc(-c2ccccc2O)c1. The molecule has 3 rings (SSSR count). The summed E-state index contributed by atoms with van der Waals surface area (Å²) < 4.78 is 0. The molecule has 0 atom stereocenters. The Morgan fingerprint density at radius 2 is 1.25 bits per heavy atom. The highest BCUT2D eigenvalue weighted by atomic mass is 16.3. The summed E-state index contributed by atoms with van der Waals surface area (Å²) in [5, 5.41) is 9.98. The molecule has 0 radical (unpaired) electrons. The number of aryl methyl sites for hydroxylation is 1. The highest BCUT2D eigenvalue weighted by Gasteiger charge is 2.06. The number of benzene rings is 3. The highest BCUT2D eigenvalue weighted by molar-refractivity contribution is 5.77. The molecule has 0 aliphatic carbocycles. The summed E-state index contributed by atoms with van der Waals surface area (Å²) in [7, 11) is 0. The zero-order chi connectivity index (χ0) is 13.9. The van der Waals surface area contributed by atoms with Crippen LogP contribution in [0.5, 0.6) is 5.75 Å². The van der Waals surface area contributed by atoms with E-state index in [-0.39, 0.29) is 0 Å². The molecule has 0 saturated carbocycles. The Kier molecular flexibility index (Phi) is 3.26. The van der Waals surface area contributed by atoms with Gasteiger partial charge in [-0.05, 0) is 41.3 Å². The lowest BCUT2D eigenvalue weighted by Crippen LogP contribution is -1.84. The largest absolute Gasteiger partial charge is 0.507 e. The summed E-state index contributed by atoms with van der Waals surface area (Å²) in [5.41, 5.74) is 5.54. The molecule has 0 amide bonds.